The number of benzene rings is 1. The van der Waals surface area contributed by atoms with Crippen LogP contribution in [0.15, 0.2) is 29.9 Å². The maximum atomic E-state index is 12.5. The summed E-state index contributed by atoms with van der Waals surface area (Å²) in [4.78, 5) is 24.8. The van der Waals surface area contributed by atoms with Gasteiger partial charge in [0.1, 0.15) is 11.5 Å². The van der Waals surface area contributed by atoms with Gasteiger partial charge in [0.25, 0.3) is 0 Å². The highest BCUT2D eigenvalue weighted by Gasteiger charge is 2.31. The number of ether oxygens (including phenoxy) is 2. The Morgan fingerprint density at radius 2 is 1.76 bits per heavy atom. The second kappa shape index (κ2) is 8.39. The number of carbonyl (C=O) groups excluding carboxylic acids is 2. The lowest BCUT2D eigenvalue weighted by Gasteiger charge is -2.24. The Morgan fingerprint density at radius 3 is 2.28 bits per heavy atom. The van der Waals surface area contributed by atoms with Gasteiger partial charge in [-0.1, -0.05) is 18.6 Å². The van der Waals surface area contributed by atoms with Gasteiger partial charge in [-0.25, -0.2) is 0 Å². The summed E-state index contributed by atoms with van der Waals surface area (Å²) in [5.41, 5.74) is 2.72. The molecule has 1 aromatic rings. The molecule has 0 fully saturated rings. The predicted octanol–water partition coefficient (Wildman–Crippen LogP) is 4.79. The van der Waals surface area contributed by atoms with Gasteiger partial charge >= 0.3 is 0 Å². The molecule has 0 aliphatic heterocycles. The SMILES string of the molecule is CCSC(CC=C(C)C)c1cc(OC)c2c(c1OC)C(=O)C=CC2=O. The Balaban J connectivity index is 2.69. The van der Waals surface area contributed by atoms with Gasteiger partial charge in [-0.05, 0) is 44.2 Å². The molecule has 0 amide bonds. The van der Waals surface area contributed by atoms with Crippen LogP contribution in [-0.4, -0.2) is 31.5 Å². The second-order valence-electron chi connectivity index (χ2n) is 5.97. The third kappa shape index (κ3) is 3.98. The maximum absolute atomic E-state index is 12.5. The van der Waals surface area contributed by atoms with Crippen LogP contribution in [0.25, 0.3) is 0 Å². The lowest BCUT2D eigenvalue weighted by Crippen LogP contribution is -2.16. The first-order valence-corrected chi connectivity index (χ1v) is 9.30. The summed E-state index contributed by atoms with van der Waals surface area (Å²) in [7, 11) is 3.05. The van der Waals surface area contributed by atoms with Crippen LogP contribution in [0.5, 0.6) is 11.5 Å². The third-order valence-electron chi connectivity index (χ3n) is 4.03. The molecule has 1 unspecified atom stereocenters. The zero-order valence-corrected chi connectivity index (χ0v) is 16.2. The molecular weight excluding hydrogens is 336 g/mol. The molecule has 0 saturated heterocycles. The van der Waals surface area contributed by atoms with Gasteiger partial charge in [-0.2, -0.15) is 11.8 Å². The van der Waals surface area contributed by atoms with Crippen LogP contribution in [0.3, 0.4) is 0 Å². The maximum Gasteiger partial charge on any atom is 0.190 e. The average Bonchev–Trinajstić information content (AvgIpc) is 2.60. The Kier molecular flexibility index (Phi) is 6.48. The van der Waals surface area contributed by atoms with Crippen LogP contribution in [-0.2, 0) is 0 Å². The number of fused-ring (bicyclic) bond motifs is 1. The second-order valence-corrected chi connectivity index (χ2v) is 7.45. The molecule has 25 heavy (non-hydrogen) atoms. The normalized spacial score (nSPS) is 14.1. The number of hydrogen-bond acceptors (Lipinski definition) is 5. The number of carbonyl (C=O) groups is 2. The highest BCUT2D eigenvalue weighted by Crippen LogP contribution is 2.45. The predicted molar refractivity (Wildman–Crippen MR) is 102 cm³/mol. The number of hydrogen-bond donors (Lipinski definition) is 0. The van der Waals surface area contributed by atoms with Crippen LogP contribution >= 0.6 is 11.8 Å². The van der Waals surface area contributed by atoms with Gasteiger partial charge in [0.2, 0.25) is 0 Å². The molecule has 0 N–H and O–H groups in total. The Bertz CT molecular complexity index is 743. The van der Waals surface area contributed by atoms with Gasteiger partial charge in [-0.3, -0.25) is 9.59 Å². The van der Waals surface area contributed by atoms with Crippen molar-refractivity contribution in [2.45, 2.75) is 32.4 Å². The molecule has 0 heterocycles. The van der Waals surface area contributed by atoms with Gasteiger partial charge in [0.05, 0.1) is 25.3 Å². The van der Waals surface area contributed by atoms with Crippen molar-refractivity contribution in [3.05, 3.63) is 46.6 Å². The molecular formula is C20H24O4S. The quantitative estimate of drug-likeness (QED) is 0.654. The summed E-state index contributed by atoms with van der Waals surface area (Å²) in [6.07, 6.45) is 5.57. The van der Waals surface area contributed by atoms with E-state index in [4.69, 9.17) is 9.47 Å². The van der Waals surface area contributed by atoms with E-state index >= 15 is 0 Å². The summed E-state index contributed by atoms with van der Waals surface area (Å²) in [5, 5.41) is 0.114. The number of rotatable bonds is 7. The van der Waals surface area contributed by atoms with Gasteiger partial charge in [0, 0.05) is 10.8 Å². The molecule has 134 valence electrons. The fourth-order valence-corrected chi connectivity index (χ4v) is 3.90. The van der Waals surface area contributed by atoms with Crippen molar-refractivity contribution in [2.24, 2.45) is 0 Å². The van der Waals surface area contributed by atoms with Crippen molar-refractivity contribution in [2.75, 3.05) is 20.0 Å². The van der Waals surface area contributed by atoms with E-state index in [2.05, 4.69) is 26.8 Å². The van der Waals surface area contributed by atoms with Gasteiger partial charge < -0.3 is 9.47 Å². The highest BCUT2D eigenvalue weighted by molar-refractivity contribution is 7.99. The van der Waals surface area contributed by atoms with Crippen LogP contribution in [0.2, 0.25) is 0 Å². The largest absolute Gasteiger partial charge is 0.496 e. The summed E-state index contributed by atoms with van der Waals surface area (Å²) in [6, 6.07) is 1.84. The van der Waals surface area contributed by atoms with Gasteiger partial charge in [0.15, 0.2) is 11.6 Å². The molecule has 1 aliphatic rings. The molecule has 5 heteroatoms. The molecule has 4 nitrogen and oxygen atoms in total. The number of ketones is 2. The fraction of sp³-hybridized carbons (Fsp3) is 0.400. The molecule has 0 radical (unpaired) electrons. The van der Waals surface area contributed by atoms with E-state index in [1.807, 2.05) is 6.07 Å². The van der Waals surface area contributed by atoms with Crippen LogP contribution in [0, 0.1) is 0 Å². The Morgan fingerprint density at radius 1 is 1.12 bits per heavy atom. The monoisotopic (exact) mass is 360 g/mol. The molecule has 2 rings (SSSR count). The van der Waals surface area contributed by atoms with E-state index in [9.17, 15) is 9.59 Å². The van der Waals surface area contributed by atoms with E-state index in [1.54, 1.807) is 11.8 Å². The van der Waals surface area contributed by atoms with Crippen LogP contribution in [0.4, 0.5) is 0 Å². The number of allylic oxidation sites excluding steroid dienone is 4. The van der Waals surface area contributed by atoms with Crippen LogP contribution in [0.1, 0.15) is 58.7 Å². The van der Waals surface area contributed by atoms with Crippen molar-refractivity contribution >= 4 is 23.3 Å². The molecule has 0 spiro atoms. The summed E-state index contributed by atoms with van der Waals surface area (Å²) in [5.74, 6) is 1.37. The zero-order chi connectivity index (χ0) is 18.6. The summed E-state index contributed by atoms with van der Waals surface area (Å²) >= 11 is 1.78. The lowest BCUT2D eigenvalue weighted by atomic mass is 9.89. The van der Waals surface area contributed by atoms with E-state index in [0.717, 1.165) is 17.7 Å². The topological polar surface area (TPSA) is 52.6 Å². The Hall–Kier alpha value is -2.01. The fourth-order valence-electron chi connectivity index (χ4n) is 2.91. The third-order valence-corrected chi connectivity index (χ3v) is 5.21. The van der Waals surface area contributed by atoms with Crippen molar-refractivity contribution in [3.63, 3.8) is 0 Å². The number of methoxy groups -OCH3 is 2. The summed E-state index contributed by atoms with van der Waals surface area (Å²) < 4.78 is 11.0. The summed E-state index contributed by atoms with van der Waals surface area (Å²) in [6.45, 7) is 6.22. The average molecular weight is 360 g/mol. The number of thioether (sulfide) groups is 1. The van der Waals surface area contributed by atoms with E-state index in [1.165, 1.54) is 31.9 Å². The molecule has 1 aliphatic carbocycles. The van der Waals surface area contributed by atoms with E-state index < -0.39 is 0 Å². The minimum absolute atomic E-state index is 0.114. The molecule has 0 saturated carbocycles. The Labute approximate surface area is 153 Å². The van der Waals surface area contributed by atoms with E-state index in [0.29, 0.717) is 17.1 Å². The lowest BCUT2D eigenvalue weighted by molar-refractivity contribution is 0.0988. The molecule has 1 atom stereocenters. The van der Waals surface area contributed by atoms with Crippen LogP contribution < -0.4 is 9.47 Å². The minimum Gasteiger partial charge on any atom is -0.496 e. The first kappa shape index (κ1) is 19.3. The highest BCUT2D eigenvalue weighted by atomic mass is 32.2. The standard InChI is InChI=1S/C20H24O4S/c1-6-25-17(10-7-12(2)3)13-11-16(23-4)18-14(21)8-9-15(22)19(18)20(13)24-5/h7-9,11,17H,6,10H2,1-5H3. The molecule has 1 aromatic carbocycles. The van der Waals surface area contributed by atoms with Crippen molar-refractivity contribution in [1.82, 2.24) is 0 Å². The van der Waals surface area contributed by atoms with Crippen molar-refractivity contribution in [3.8, 4) is 11.5 Å². The first-order valence-electron chi connectivity index (χ1n) is 8.25. The zero-order valence-electron chi connectivity index (χ0n) is 15.3. The van der Waals surface area contributed by atoms with Gasteiger partial charge in [-0.15, -0.1) is 0 Å². The molecule has 0 aromatic heterocycles. The minimum atomic E-state index is -0.236. The molecule has 0 bridgehead atoms. The van der Waals surface area contributed by atoms with E-state index in [-0.39, 0.29) is 22.4 Å². The first-order chi connectivity index (χ1) is 11.9. The smallest absolute Gasteiger partial charge is 0.190 e. The van der Waals surface area contributed by atoms with Crippen molar-refractivity contribution in [1.29, 1.82) is 0 Å². The van der Waals surface area contributed by atoms with Crippen molar-refractivity contribution < 1.29 is 19.1 Å².